The molecule has 0 atom stereocenters. The van der Waals surface area contributed by atoms with Gasteiger partial charge in [0.1, 0.15) is 0 Å². The molecule has 0 aliphatic heterocycles. The van der Waals surface area contributed by atoms with Gasteiger partial charge in [0, 0.05) is 18.8 Å². The van der Waals surface area contributed by atoms with Crippen LogP contribution in [-0.2, 0) is 14.8 Å². The van der Waals surface area contributed by atoms with Crippen LogP contribution in [0.25, 0.3) is 0 Å². The van der Waals surface area contributed by atoms with Crippen molar-refractivity contribution in [2.45, 2.75) is 11.8 Å². The lowest BCUT2D eigenvalue weighted by Gasteiger charge is -2.09. The first-order valence-electron chi connectivity index (χ1n) is 7.58. The Labute approximate surface area is 141 Å². The smallest absolute Gasteiger partial charge is 0.338 e. The lowest BCUT2D eigenvalue weighted by atomic mass is 10.2. The lowest BCUT2D eigenvalue weighted by molar-refractivity contribution is 0.0526. The van der Waals surface area contributed by atoms with Crippen molar-refractivity contribution in [3.8, 4) is 0 Å². The average molecular weight is 348 g/mol. The second kappa shape index (κ2) is 8.47. The van der Waals surface area contributed by atoms with Crippen molar-refractivity contribution in [3.05, 3.63) is 60.2 Å². The molecule has 2 rings (SSSR count). The summed E-state index contributed by atoms with van der Waals surface area (Å²) in [4.78, 5) is 11.8. The fourth-order valence-corrected chi connectivity index (χ4v) is 3.07. The first kappa shape index (κ1) is 18.0. The van der Waals surface area contributed by atoms with Gasteiger partial charge in [-0.3, -0.25) is 0 Å². The molecule has 0 bridgehead atoms. The van der Waals surface area contributed by atoms with E-state index in [0.29, 0.717) is 18.7 Å². The summed E-state index contributed by atoms with van der Waals surface area (Å²) in [5, 5.41) is 3.09. The maximum atomic E-state index is 12.0. The van der Waals surface area contributed by atoms with Gasteiger partial charge in [0.2, 0.25) is 10.0 Å². The first-order valence-corrected chi connectivity index (χ1v) is 9.07. The number of hydrogen-bond donors (Lipinski definition) is 2. The summed E-state index contributed by atoms with van der Waals surface area (Å²) in [6.45, 7) is 2.76. The molecule has 0 saturated carbocycles. The van der Waals surface area contributed by atoms with Gasteiger partial charge in [0.15, 0.2) is 0 Å². The van der Waals surface area contributed by atoms with Crippen LogP contribution in [0.5, 0.6) is 0 Å². The molecule has 0 heterocycles. The topological polar surface area (TPSA) is 84.5 Å². The number of anilines is 1. The van der Waals surface area contributed by atoms with E-state index in [1.165, 1.54) is 0 Å². The Kier molecular flexibility index (Phi) is 6.34. The third-order valence-corrected chi connectivity index (χ3v) is 4.67. The zero-order valence-electron chi connectivity index (χ0n) is 13.4. The highest BCUT2D eigenvalue weighted by Crippen LogP contribution is 2.10. The van der Waals surface area contributed by atoms with Gasteiger partial charge < -0.3 is 10.1 Å². The molecule has 128 valence electrons. The molecule has 0 aliphatic carbocycles. The number of carbonyl (C=O) groups excluding carboxylic acids is 1. The standard InChI is InChI=1S/C17H20N2O4S/c1-2-23-17(20)14-8-10-15(11-9-14)18-12-13-19-24(21,22)16-6-4-3-5-7-16/h3-11,18-19H,2,12-13H2,1H3. The molecule has 0 aromatic heterocycles. The van der Waals surface area contributed by atoms with Crippen LogP contribution in [0.1, 0.15) is 17.3 Å². The Hall–Kier alpha value is -2.38. The molecule has 6 nitrogen and oxygen atoms in total. The van der Waals surface area contributed by atoms with Crippen molar-refractivity contribution in [1.29, 1.82) is 0 Å². The molecular weight excluding hydrogens is 328 g/mol. The summed E-state index contributed by atoms with van der Waals surface area (Å²) in [6, 6.07) is 15.0. The first-order chi connectivity index (χ1) is 11.5. The van der Waals surface area contributed by atoms with E-state index in [-0.39, 0.29) is 17.4 Å². The van der Waals surface area contributed by atoms with Crippen LogP contribution in [0.2, 0.25) is 0 Å². The average Bonchev–Trinajstić information content (AvgIpc) is 2.60. The third kappa shape index (κ3) is 5.07. The minimum absolute atomic E-state index is 0.240. The van der Waals surface area contributed by atoms with Gasteiger partial charge in [0.05, 0.1) is 17.1 Å². The molecule has 0 radical (unpaired) electrons. The van der Waals surface area contributed by atoms with E-state index in [0.717, 1.165) is 5.69 Å². The Balaban J connectivity index is 1.81. The SMILES string of the molecule is CCOC(=O)c1ccc(NCCNS(=O)(=O)c2ccccc2)cc1. The number of nitrogens with one attached hydrogen (secondary N) is 2. The van der Waals surface area contributed by atoms with Crippen molar-refractivity contribution in [3.63, 3.8) is 0 Å². The molecular formula is C17H20N2O4S. The highest BCUT2D eigenvalue weighted by molar-refractivity contribution is 7.89. The maximum absolute atomic E-state index is 12.0. The molecule has 2 N–H and O–H groups in total. The van der Waals surface area contributed by atoms with Crippen LogP contribution in [0.15, 0.2) is 59.5 Å². The summed E-state index contributed by atoms with van der Waals surface area (Å²) >= 11 is 0. The molecule has 0 fully saturated rings. The number of rotatable bonds is 8. The van der Waals surface area contributed by atoms with Crippen LogP contribution in [0.4, 0.5) is 5.69 Å². The second-order valence-electron chi connectivity index (χ2n) is 4.94. The molecule has 7 heteroatoms. The van der Waals surface area contributed by atoms with Crippen molar-refractivity contribution in [2.24, 2.45) is 0 Å². The highest BCUT2D eigenvalue weighted by Gasteiger charge is 2.11. The Morgan fingerprint density at radius 1 is 1.00 bits per heavy atom. The summed E-state index contributed by atoms with van der Waals surface area (Å²) in [5.74, 6) is -0.361. The Morgan fingerprint density at radius 3 is 2.29 bits per heavy atom. The van der Waals surface area contributed by atoms with E-state index in [4.69, 9.17) is 4.74 Å². The quantitative estimate of drug-likeness (QED) is 0.565. The molecule has 0 saturated heterocycles. The van der Waals surface area contributed by atoms with Crippen LogP contribution >= 0.6 is 0 Å². The van der Waals surface area contributed by atoms with E-state index < -0.39 is 10.0 Å². The van der Waals surface area contributed by atoms with Crippen LogP contribution in [0, 0.1) is 0 Å². The van der Waals surface area contributed by atoms with E-state index in [1.54, 1.807) is 61.5 Å². The van der Waals surface area contributed by atoms with Crippen LogP contribution < -0.4 is 10.0 Å². The van der Waals surface area contributed by atoms with Crippen molar-refractivity contribution in [1.82, 2.24) is 4.72 Å². The molecule has 2 aromatic carbocycles. The molecule has 0 aliphatic rings. The molecule has 24 heavy (non-hydrogen) atoms. The number of sulfonamides is 1. The fourth-order valence-electron chi connectivity index (χ4n) is 2.01. The van der Waals surface area contributed by atoms with Crippen molar-refractivity contribution in [2.75, 3.05) is 25.0 Å². The van der Waals surface area contributed by atoms with Gasteiger partial charge in [-0.2, -0.15) is 0 Å². The summed E-state index contributed by atoms with van der Waals surface area (Å²) in [6.07, 6.45) is 0. The minimum Gasteiger partial charge on any atom is -0.462 e. The van der Waals surface area contributed by atoms with E-state index in [9.17, 15) is 13.2 Å². The highest BCUT2D eigenvalue weighted by atomic mass is 32.2. The molecule has 0 spiro atoms. The minimum atomic E-state index is -3.49. The molecule has 0 unspecified atom stereocenters. The zero-order chi connectivity index (χ0) is 17.4. The van der Waals surface area contributed by atoms with Gasteiger partial charge >= 0.3 is 5.97 Å². The summed E-state index contributed by atoms with van der Waals surface area (Å²) < 4.78 is 31.5. The molecule has 2 aromatic rings. The molecule has 0 amide bonds. The van der Waals surface area contributed by atoms with Gasteiger partial charge in [-0.1, -0.05) is 18.2 Å². The predicted molar refractivity (Wildman–Crippen MR) is 92.5 cm³/mol. The fraction of sp³-hybridized carbons (Fsp3) is 0.235. The Morgan fingerprint density at radius 2 is 1.67 bits per heavy atom. The van der Waals surface area contributed by atoms with E-state index >= 15 is 0 Å². The van der Waals surface area contributed by atoms with Gasteiger partial charge in [0.25, 0.3) is 0 Å². The van der Waals surface area contributed by atoms with E-state index in [2.05, 4.69) is 10.0 Å². The lowest BCUT2D eigenvalue weighted by Crippen LogP contribution is -2.28. The normalized spacial score (nSPS) is 11.0. The summed E-state index contributed by atoms with van der Waals surface area (Å²) in [5.41, 5.74) is 1.27. The number of ether oxygens (including phenoxy) is 1. The number of benzene rings is 2. The van der Waals surface area contributed by atoms with Crippen molar-refractivity contribution >= 4 is 21.7 Å². The number of esters is 1. The number of hydrogen-bond acceptors (Lipinski definition) is 5. The monoisotopic (exact) mass is 348 g/mol. The van der Waals surface area contributed by atoms with Gasteiger partial charge in [-0.25, -0.2) is 17.9 Å². The zero-order valence-corrected chi connectivity index (χ0v) is 14.2. The van der Waals surface area contributed by atoms with Crippen LogP contribution in [-0.4, -0.2) is 34.1 Å². The van der Waals surface area contributed by atoms with Gasteiger partial charge in [-0.15, -0.1) is 0 Å². The van der Waals surface area contributed by atoms with E-state index in [1.807, 2.05) is 0 Å². The largest absolute Gasteiger partial charge is 0.462 e. The van der Waals surface area contributed by atoms with Crippen LogP contribution in [0.3, 0.4) is 0 Å². The predicted octanol–water partition coefficient (Wildman–Crippen LogP) is 2.25. The number of carbonyl (C=O) groups is 1. The third-order valence-electron chi connectivity index (χ3n) is 3.20. The van der Waals surface area contributed by atoms with Gasteiger partial charge in [-0.05, 0) is 43.3 Å². The van der Waals surface area contributed by atoms with Crippen molar-refractivity contribution < 1.29 is 17.9 Å². The second-order valence-corrected chi connectivity index (χ2v) is 6.70. The Bertz CT molecular complexity index is 759. The maximum Gasteiger partial charge on any atom is 0.338 e. The summed E-state index contributed by atoms with van der Waals surface area (Å²) in [7, 11) is -3.49.